The lowest BCUT2D eigenvalue weighted by Crippen LogP contribution is -2.30. The Bertz CT molecular complexity index is 602. The number of hydrogen-bond acceptors (Lipinski definition) is 3. The third kappa shape index (κ3) is 2.72. The molecule has 0 radical (unpaired) electrons. The molecule has 21 heavy (non-hydrogen) atoms. The van der Waals surface area contributed by atoms with Gasteiger partial charge in [-0.15, -0.1) is 0 Å². The Labute approximate surface area is 126 Å². The van der Waals surface area contributed by atoms with Gasteiger partial charge in [-0.05, 0) is 58.4 Å². The van der Waals surface area contributed by atoms with E-state index in [2.05, 4.69) is 49.0 Å². The van der Waals surface area contributed by atoms with E-state index in [1.165, 1.54) is 25.1 Å². The fourth-order valence-electron chi connectivity index (χ4n) is 3.31. The molecular formula is C17H24N4. The topological polar surface area (TPSA) is 34.0 Å². The van der Waals surface area contributed by atoms with E-state index in [0.717, 1.165) is 17.9 Å². The van der Waals surface area contributed by atoms with Gasteiger partial charge in [0.05, 0.1) is 23.1 Å². The average molecular weight is 284 g/mol. The number of aryl methyl sites for hydroxylation is 1. The van der Waals surface area contributed by atoms with Crippen molar-refractivity contribution >= 4 is 0 Å². The summed E-state index contributed by atoms with van der Waals surface area (Å²) in [4.78, 5) is 7.49. The molecule has 0 aliphatic carbocycles. The molecule has 1 saturated heterocycles. The van der Waals surface area contributed by atoms with Gasteiger partial charge in [0.15, 0.2) is 0 Å². The van der Waals surface area contributed by atoms with E-state index in [1.54, 1.807) is 0 Å². The highest BCUT2D eigenvalue weighted by Crippen LogP contribution is 2.33. The van der Waals surface area contributed by atoms with Gasteiger partial charge in [0.25, 0.3) is 0 Å². The van der Waals surface area contributed by atoms with Crippen molar-refractivity contribution in [3.63, 3.8) is 0 Å². The fraction of sp³-hybridized carbons (Fsp3) is 0.529. The van der Waals surface area contributed by atoms with E-state index in [-0.39, 0.29) is 0 Å². The van der Waals surface area contributed by atoms with Crippen LogP contribution in [0.1, 0.15) is 45.3 Å². The molecule has 3 heterocycles. The highest BCUT2D eigenvalue weighted by atomic mass is 15.3. The van der Waals surface area contributed by atoms with Gasteiger partial charge >= 0.3 is 0 Å². The molecule has 4 nitrogen and oxygen atoms in total. The summed E-state index contributed by atoms with van der Waals surface area (Å²) < 4.78 is 2.00. The van der Waals surface area contributed by atoms with Gasteiger partial charge in [-0.25, -0.2) is 4.98 Å². The van der Waals surface area contributed by atoms with Gasteiger partial charge in [0, 0.05) is 18.8 Å². The van der Waals surface area contributed by atoms with Crippen LogP contribution in [0.15, 0.2) is 30.5 Å². The maximum atomic E-state index is 4.94. The molecule has 0 spiro atoms. The Kier molecular flexibility index (Phi) is 4.06. The standard InChI is InChI=1S/C17H24N4/c1-4-21-17(10-11-18-21)15-8-5-7-14(19-15)16-9-6-12-20(16)13(2)3/h5,7-8,10-11,13,16H,4,6,9,12H2,1-3H3/t16-/m0/s1. The maximum absolute atomic E-state index is 4.94. The SMILES string of the molecule is CCn1nccc1-c1cccc([C@@H]2CCCN2C(C)C)n1. The molecule has 0 aromatic carbocycles. The van der Waals surface area contributed by atoms with E-state index >= 15 is 0 Å². The summed E-state index contributed by atoms with van der Waals surface area (Å²) in [5, 5.41) is 4.35. The summed E-state index contributed by atoms with van der Waals surface area (Å²) in [5.41, 5.74) is 3.33. The molecule has 1 fully saturated rings. The first-order valence-electron chi connectivity index (χ1n) is 7.95. The van der Waals surface area contributed by atoms with Crippen molar-refractivity contribution in [2.75, 3.05) is 6.54 Å². The quantitative estimate of drug-likeness (QED) is 0.861. The van der Waals surface area contributed by atoms with Crippen LogP contribution in [0.4, 0.5) is 0 Å². The van der Waals surface area contributed by atoms with Gasteiger partial charge < -0.3 is 0 Å². The molecule has 112 valence electrons. The summed E-state index contributed by atoms with van der Waals surface area (Å²) in [5.74, 6) is 0. The number of pyridine rings is 1. The number of nitrogens with zero attached hydrogens (tertiary/aromatic N) is 4. The second-order valence-corrected chi connectivity index (χ2v) is 5.97. The third-order valence-electron chi connectivity index (χ3n) is 4.35. The number of hydrogen-bond donors (Lipinski definition) is 0. The summed E-state index contributed by atoms with van der Waals surface area (Å²) >= 11 is 0. The van der Waals surface area contributed by atoms with Crippen molar-refractivity contribution in [3.05, 3.63) is 36.2 Å². The van der Waals surface area contributed by atoms with Crippen LogP contribution in [0, 0.1) is 0 Å². The van der Waals surface area contributed by atoms with Crippen LogP contribution < -0.4 is 0 Å². The van der Waals surface area contributed by atoms with E-state index in [9.17, 15) is 0 Å². The van der Waals surface area contributed by atoms with E-state index in [1.807, 2.05) is 16.9 Å². The molecule has 1 aliphatic rings. The lowest BCUT2D eigenvalue weighted by atomic mass is 10.1. The summed E-state index contributed by atoms with van der Waals surface area (Å²) in [7, 11) is 0. The maximum Gasteiger partial charge on any atom is 0.0887 e. The number of likely N-dealkylation sites (tertiary alicyclic amines) is 1. The van der Waals surface area contributed by atoms with Gasteiger partial charge in [-0.1, -0.05) is 6.07 Å². The smallest absolute Gasteiger partial charge is 0.0887 e. The fourth-order valence-corrected chi connectivity index (χ4v) is 3.31. The Morgan fingerprint density at radius 3 is 2.90 bits per heavy atom. The molecule has 0 amide bonds. The average Bonchev–Trinajstić information content (AvgIpc) is 3.16. The van der Waals surface area contributed by atoms with Crippen LogP contribution in [0.3, 0.4) is 0 Å². The molecule has 4 heteroatoms. The predicted molar refractivity (Wildman–Crippen MR) is 84.9 cm³/mol. The van der Waals surface area contributed by atoms with E-state index in [0.29, 0.717) is 12.1 Å². The molecule has 1 aliphatic heterocycles. The highest BCUT2D eigenvalue weighted by molar-refractivity contribution is 5.54. The van der Waals surface area contributed by atoms with Gasteiger partial charge in [-0.3, -0.25) is 9.58 Å². The zero-order valence-corrected chi connectivity index (χ0v) is 13.2. The molecular weight excluding hydrogens is 260 g/mol. The molecule has 0 saturated carbocycles. The summed E-state index contributed by atoms with van der Waals surface area (Å²) in [6, 6.07) is 9.46. The van der Waals surface area contributed by atoms with Crippen molar-refractivity contribution in [2.24, 2.45) is 0 Å². The van der Waals surface area contributed by atoms with Crippen LogP contribution >= 0.6 is 0 Å². The normalized spacial score (nSPS) is 19.5. The lowest BCUT2D eigenvalue weighted by Gasteiger charge is -2.28. The van der Waals surface area contributed by atoms with Crippen LogP contribution in [-0.2, 0) is 6.54 Å². The van der Waals surface area contributed by atoms with Crippen molar-refractivity contribution < 1.29 is 0 Å². The molecule has 2 aromatic heterocycles. The van der Waals surface area contributed by atoms with Crippen molar-refractivity contribution in [1.82, 2.24) is 19.7 Å². The van der Waals surface area contributed by atoms with Crippen LogP contribution in [0.5, 0.6) is 0 Å². The van der Waals surface area contributed by atoms with Gasteiger partial charge in [-0.2, -0.15) is 5.10 Å². The highest BCUT2D eigenvalue weighted by Gasteiger charge is 2.28. The van der Waals surface area contributed by atoms with Gasteiger partial charge in [0.2, 0.25) is 0 Å². The van der Waals surface area contributed by atoms with Crippen LogP contribution in [-0.4, -0.2) is 32.3 Å². The molecule has 0 bridgehead atoms. The minimum atomic E-state index is 0.461. The first-order chi connectivity index (χ1) is 10.2. The second-order valence-electron chi connectivity index (χ2n) is 5.97. The van der Waals surface area contributed by atoms with Crippen molar-refractivity contribution in [2.45, 2.75) is 52.2 Å². The first kappa shape index (κ1) is 14.3. The molecule has 1 atom stereocenters. The summed E-state index contributed by atoms with van der Waals surface area (Å²) in [6.07, 6.45) is 4.33. The predicted octanol–water partition coefficient (Wildman–Crippen LogP) is 3.51. The summed E-state index contributed by atoms with van der Waals surface area (Å²) in [6.45, 7) is 8.71. The van der Waals surface area contributed by atoms with Crippen molar-refractivity contribution in [1.29, 1.82) is 0 Å². The van der Waals surface area contributed by atoms with Crippen molar-refractivity contribution in [3.8, 4) is 11.4 Å². The molecule has 3 rings (SSSR count). The van der Waals surface area contributed by atoms with Gasteiger partial charge in [0.1, 0.15) is 0 Å². The number of rotatable bonds is 4. The molecule has 2 aromatic rings. The minimum absolute atomic E-state index is 0.461. The minimum Gasteiger partial charge on any atom is -0.292 e. The zero-order chi connectivity index (χ0) is 14.8. The third-order valence-corrected chi connectivity index (χ3v) is 4.35. The Morgan fingerprint density at radius 1 is 1.29 bits per heavy atom. The number of aromatic nitrogens is 3. The Balaban J connectivity index is 1.93. The second kappa shape index (κ2) is 5.98. The zero-order valence-electron chi connectivity index (χ0n) is 13.2. The lowest BCUT2D eigenvalue weighted by molar-refractivity contribution is 0.202. The van der Waals surface area contributed by atoms with E-state index in [4.69, 9.17) is 4.98 Å². The Hall–Kier alpha value is -1.68. The largest absolute Gasteiger partial charge is 0.292 e. The monoisotopic (exact) mass is 284 g/mol. The molecule has 0 N–H and O–H groups in total. The Morgan fingerprint density at radius 2 is 2.14 bits per heavy atom. The van der Waals surface area contributed by atoms with E-state index < -0.39 is 0 Å². The first-order valence-corrected chi connectivity index (χ1v) is 7.95. The van der Waals surface area contributed by atoms with Crippen LogP contribution in [0.2, 0.25) is 0 Å². The molecule has 0 unspecified atom stereocenters. The van der Waals surface area contributed by atoms with Crippen LogP contribution in [0.25, 0.3) is 11.4 Å².